The number of carbonyl (C=O) groups excluding carboxylic acids is 1. The van der Waals surface area contributed by atoms with Crippen molar-refractivity contribution in [3.8, 4) is 17.2 Å². The number of fused-ring (bicyclic) bond motifs is 1. The predicted molar refractivity (Wildman–Crippen MR) is 143 cm³/mol. The number of rotatable bonds is 5. The molecule has 0 spiro atoms. The number of amides is 1. The van der Waals surface area contributed by atoms with Crippen LogP contribution in [-0.4, -0.2) is 94.8 Å². The molecule has 202 valence electrons. The number of likely N-dealkylation sites (N-methyl/N-ethyl adjacent to an activating group) is 1. The fourth-order valence-corrected chi connectivity index (χ4v) is 5.00. The molecular formula is C28H29F2N7O2. The van der Waals surface area contributed by atoms with Crippen molar-refractivity contribution in [2.24, 2.45) is 0 Å². The molecule has 6 rings (SSSR count). The van der Waals surface area contributed by atoms with E-state index in [1.165, 1.54) is 4.57 Å². The van der Waals surface area contributed by atoms with Gasteiger partial charge in [-0.1, -0.05) is 24.3 Å². The highest BCUT2D eigenvalue weighted by Crippen LogP contribution is 2.30. The molecule has 2 fully saturated rings. The number of anilines is 1. The number of carbonyl (C=O) groups is 1. The van der Waals surface area contributed by atoms with E-state index in [2.05, 4.69) is 21.8 Å². The first kappa shape index (κ1) is 25.3. The lowest BCUT2D eigenvalue weighted by Gasteiger charge is -2.32. The summed E-state index contributed by atoms with van der Waals surface area (Å²) in [5.41, 5.74) is 2.88. The van der Waals surface area contributed by atoms with Gasteiger partial charge in [-0.25, -0.2) is 18.7 Å². The van der Waals surface area contributed by atoms with Gasteiger partial charge in [-0.3, -0.25) is 9.36 Å². The van der Waals surface area contributed by atoms with Crippen molar-refractivity contribution in [3.05, 3.63) is 66.0 Å². The second-order valence-electron chi connectivity index (χ2n) is 9.78. The number of aromatic nitrogens is 4. The molecule has 0 unspecified atom stereocenters. The molecule has 0 radical (unpaired) electrons. The maximum absolute atomic E-state index is 14.1. The van der Waals surface area contributed by atoms with Crippen LogP contribution in [0.3, 0.4) is 0 Å². The second kappa shape index (κ2) is 10.7. The van der Waals surface area contributed by atoms with Crippen LogP contribution in [-0.2, 0) is 4.74 Å². The minimum Gasteiger partial charge on any atom is -0.378 e. The number of piperazine rings is 1. The average Bonchev–Trinajstić information content (AvgIpc) is 3.38. The van der Waals surface area contributed by atoms with Crippen molar-refractivity contribution in [1.82, 2.24) is 29.3 Å². The van der Waals surface area contributed by atoms with Gasteiger partial charge in [-0.15, -0.1) is 0 Å². The predicted octanol–water partition coefficient (Wildman–Crippen LogP) is 3.64. The van der Waals surface area contributed by atoms with Gasteiger partial charge in [0.2, 0.25) is 5.95 Å². The van der Waals surface area contributed by atoms with Crippen LogP contribution in [0, 0.1) is 0 Å². The smallest absolute Gasteiger partial charge is 0.296 e. The zero-order valence-electron chi connectivity index (χ0n) is 21.6. The van der Waals surface area contributed by atoms with E-state index in [1.807, 2.05) is 23.1 Å². The Morgan fingerprint density at radius 3 is 2.33 bits per heavy atom. The fourth-order valence-electron chi connectivity index (χ4n) is 5.00. The summed E-state index contributed by atoms with van der Waals surface area (Å²) in [5.74, 6) is 0.331. The number of hydrogen-bond donors (Lipinski definition) is 0. The number of ether oxygens (including phenoxy) is 1. The second-order valence-corrected chi connectivity index (χ2v) is 9.78. The molecule has 0 N–H and O–H groups in total. The van der Waals surface area contributed by atoms with Gasteiger partial charge in [0.25, 0.3) is 12.3 Å². The van der Waals surface area contributed by atoms with Gasteiger partial charge in [0, 0.05) is 56.5 Å². The van der Waals surface area contributed by atoms with Crippen LogP contribution >= 0.6 is 0 Å². The molecule has 2 saturated heterocycles. The summed E-state index contributed by atoms with van der Waals surface area (Å²) in [6, 6.07) is 16.1. The highest BCUT2D eigenvalue weighted by atomic mass is 19.3. The first-order chi connectivity index (χ1) is 19.0. The van der Waals surface area contributed by atoms with E-state index < -0.39 is 12.2 Å². The molecule has 11 heteroatoms. The number of alkyl halides is 2. The van der Waals surface area contributed by atoms with Crippen molar-refractivity contribution < 1.29 is 18.3 Å². The van der Waals surface area contributed by atoms with Crippen molar-refractivity contribution in [3.63, 3.8) is 0 Å². The summed E-state index contributed by atoms with van der Waals surface area (Å²) in [5, 5.41) is 0. The molecule has 2 aromatic carbocycles. The van der Waals surface area contributed by atoms with E-state index in [0.29, 0.717) is 67.5 Å². The van der Waals surface area contributed by atoms with Crippen molar-refractivity contribution in [2.75, 3.05) is 64.4 Å². The van der Waals surface area contributed by atoms with E-state index in [9.17, 15) is 13.6 Å². The Hall–Kier alpha value is -3.96. The van der Waals surface area contributed by atoms with E-state index in [4.69, 9.17) is 14.7 Å². The first-order valence-electron chi connectivity index (χ1n) is 13.0. The first-order valence-corrected chi connectivity index (χ1v) is 13.0. The van der Waals surface area contributed by atoms with Crippen molar-refractivity contribution in [1.29, 1.82) is 0 Å². The zero-order chi connectivity index (χ0) is 26.9. The lowest BCUT2D eigenvalue weighted by Crippen LogP contribution is -2.47. The summed E-state index contributed by atoms with van der Waals surface area (Å²) in [6.45, 7) is 5.44. The van der Waals surface area contributed by atoms with Crippen LogP contribution in [0.2, 0.25) is 0 Å². The van der Waals surface area contributed by atoms with Gasteiger partial charge in [0.1, 0.15) is 5.82 Å². The lowest BCUT2D eigenvalue weighted by atomic mass is 10.1. The maximum atomic E-state index is 14.1. The van der Waals surface area contributed by atoms with Crippen molar-refractivity contribution in [2.45, 2.75) is 6.43 Å². The number of imidazole rings is 1. The summed E-state index contributed by atoms with van der Waals surface area (Å²) in [4.78, 5) is 32.8. The Balaban J connectivity index is 1.41. The number of nitrogens with zero attached hydrogens (tertiary/aromatic N) is 7. The topological polar surface area (TPSA) is 79.6 Å². The molecule has 4 heterocycles. The molecule has 2 aliphatic heterocycles. The van der Waals surface area contributed by atoms with Crippen LogP contribution in [0.1, 0.15) is 22.6 Å². The minimum absolute atomic E-state index is 0.00140. The molecular weight excluding hydrogens is 504 g/mol. The molecule has 2 aromatic heterocycles. The van der Waals surface area contributed by atoms with Crippen molar-refractivity contribution >= 4 is 22.8 Å². The molecule has 4 aromatic rings. The summed E-state index contributed by atoms with van der Waals surface area (Å²) >= 11 is 0. The number of halogens is 2. The van der Waals surface area contributed by atoms with Crippen LogP contribution in [0.4, 0.5) is 14.6 Å². The Morgan fingerprint density at radius 2 is 1.62 bits per heavy atom. The van der Waals surface area contributed by atoms with E-state index in [-0.39, 0.29) is 11.9 Å². The van der Waals surface area contributed by atoms with Gasteiger partial charge in [0.15, 0.2) is 5.82 Å². The van der Waals surface area contributed by atoms with E-state index >= 15 is 0 Å². The third-order valence-corrected chi connectivity index (χ3v) is 7.24. The lowest BCUT2D eigenvalue weighted by molar-refractivity contribution is 0.0664. The van der Waals surface area contributed by atoms with Gasteiger partial charge in [0.05, 0.1) is 29.9 Å². The molecule has 0 atom stereocenters. The Kier molecular flexibility index (Phi) is 6.92. The zero-order valence-corrected chi connectivity index (χ0v) is 21.6. The standard InChI is InChI=1S/C28H29F2N7O2/c1-34-10-12-36(13-11-34)27(38)20-8-6-19(7-9-20)22-18-24(35-14-16-39-17-15-35)33-28(32-22)37-23-5-3-2-4-21(23)31-26(37)25(29)30/h2-9,18,25H,10-17H2,1H3. The number of benzene rings is 2. The van der Waals surface area contributed by atoms with Crippen LogP contribution in [0.25, 0.3) is 28.2 Å². The molecule has 0 saturated carbocycles. The van der Waals surface area contributed by atoms with Gasteiger partial charge in [-0.2, -0.15) is 4.98 Å². The third-order valence-electron chi connectivity index (χ3n) is 7.24. The Labute approximate surface area is 224 Å². The third kappa shape index (κ3) is 5.07. The molecule has 1 amide bonds. The fraction of sp³-hybridized carbons (Fsp3) is 0.357. The van der Waals surface area contributed by atoms with Crippen LogP contribution in [0.15, 0.2) is 54.6 Å². The SMILES string of the molecule is CN1CCN(C(=O)c2ccc(-c3cc(N4CCOCC4)nc(-n4c(C(F)F)nc5ccccc54)n3)cc2)CC1. The van der Waals surface area contributed by atoms with E-state index in [0.717, 1.165) is 18.7 Å². The highest BCUT2D eigenvalue weighted by Gasteiger charge is 2.24. The summed E-state index contributed by atoms with van der Waals surface area (Å²) < 4.78 is 35.1. The largest absolute Gasteiger partial charge is 0.378 e. The van der Waals surface area contributed by atoms with Gasteiger partial charge < -0.3 is 19.4 Å². The Morgan fingerprint density at radius 1 is 0.897 bits per heavy atom. The normalized spacial score (nSPS) is 16.8. The minimum atomic E-state index is -2.81. The molecule has 9 nitrogen and oxygen atoms in total. The van der Waals surface area contributed by atoms with Gasteiger partial charge in [-0.05, 0) is 31.3 Å². The van der Waals surface area contributed by atoms with Crippen LogP contribution < -0.4 is 4.90 Å². The average molecular weight is 534 g/mol. The quantitative estimate of drug-likeness (QED) is 0.388. The summed E-state index contributed by atoms with van der Waals surface area (Å²) in [7, 11) is 2.05. The molecule has 0 aliphatic carbocycles. The Bertz CT molecular complexity index is 1480. The van der Waals surface area contributed by atoms with Crippen LogP contribution in [0.5, 0.6) is 0 Å². The highest BCUT2D eigenvalue weighted by molar-refractivity contribution is 5.94. The molecule has 2 aliphatic rings. The van der Waals surface area contributed by atoms with Gasteiger partial charge >= 0.3 is 0 Å². The maximum Gasteiger partial charge on any atom is 0.296 e. The number of para-hydroxylation sites is 2. The molecule has 0 bridgehead atoms. The monoisotopic (exact) mass is 533 g/mol. The summed E-state index contributed by atoms with van der Waals surface area (Å²) in [6.07, 6.45) is -2.81. The number of hydrogen-bond acceptors (Lipinski definition) is 7. The van der Waals surface area contributed by atoms with E-state index in [1.54, 1.807) is 36.4 Å². The molecule has 39 heavy (non-hydrogen) atoms. The number of morpholine rings is 1.